The van der Waals surface area contributed by atoms with Crippen molar-refractivity contribution in [1.29, 1.82) is 0 Å². The van der Waals surface area contributed by atoms with Crippen molar-refractivity contribution < 1.29 is 28.7 Å². The van der Waals surface area contributed by atoms with Gasteiger partial charge >= 0.3 is 11.9 Å². The van der Waals surface area contributed by atoms with Gasteiger partial charge in [-0.25, -0.2) is 4.79 Å². The van der Waals surface area contributed by atoms with Crippen LogP contribution < -0.4 is 9.64 Å². The maximum atomic E-state index is 11.3. The highest BCUT2D eigenvalue weighted by Gasteiger charge is 2.25. The Morgan fingerprint density at radius 3 is 2.79 bits per heavy atom. The molecule has 146 valence electrons. The molecule has 10 nitrogen and oxygen atoms in total. The molecule has 0 saturated carbocycles. The molecule has 1 amide bonds. The zero-order valence-electron chi connectivity index (χ0n) is 15.1. The molecular formula is C18H17N3O7. The first-order chi connectivity index (χ1) is 13.4. The van der Waals surface area contributed by atoms with Gasteiger partial charge in [0.15, 0.2) is 12.6 Å². The fourth-order valence-corrected chi connectivity index (χ4v) is 2.51. The Morgan fingerprint density at radius 1 is 1.32 bits per heavy atom. The molecule has 3 rings (SSSR count). The Kier molecular flexibility index (Phi) is 5.41. The molecule has 0 atom stereocenters. The van der Waals surface area contributed by atoms with Crippen molar-refractivity contribution in [2.24, 2.45) is 0 Å². The maximum absolute atomic E-state index is 11.3. The van der Waals surface area contributed by atoms with Gasteiger partial charge < -0.3 is 29.1 Å². The average molecular weight is 387 g/mol. The second-order valence-corrected chi connectivity index (χ2v) is 5.70. The van der Waals surface area contributed by atoms with E-state index in [1.165, 1.54) is 19.2 Å². The smallest absolute Gasteiger partial charge is 0.411 e. The number of hydrogen-bond acceptors (Lipinski definition) is 7. The SMILES string of the molecule is CCOCOc1ccc2oc(-c3ccc(N(C)C(=O)O)c([N+](=O)[O-])n3)cc2c1. The number of anilines is 1. The van der Waals surface area contributed by atoms with E-state index in [0.717, 1.165) is 10.3 Å². The first-order valence-corrected chi connectivity index (χ1v) is 8.27. The first-order valence-electron chi connectivity index (χ1n) is 8.27. The summed E-state index contributed by atoms with van der Waals surface area (Å²) in [7, 11) is 1.21. The quantitative estimate of drug-likeness (QED) is 0.280. The van der Waals surface area contributed by atoms with Gasteiger partial charge in [-0.2, -0.15) is 0 Å². The van der Waals surface area contributed by atoms with Crippen molar-refractivity contribution in [2.75, 3.05) is 25.3 Å². The van der Waals surface area contributed by atoms with E-state index in [2.05, 4.69) is 4.98 Å². The Labute approximate surface area is 159 Å². The third-order valence-corrected chi connectivity index (χ3v) is 3.93. The maximum Gasteiger partial charge on any atom is 0.411 e. The number of rotatable bonds is 7. The minimum atomic E-state index is -1.33. The molecule has 0 aliphatic carbocycles. The number of pyridine rings is 1. The fourth-order valence-electron chi connectivity index (χ4n) is 2.51. The van der Waals surface area contributed by atoms with Gasteiger partial charge in [0.05, 0.1) is 0 Å². The number of carbonyl (C=O) groups is 1. The van der Waals surface area contributed by atoms with Gasteiger partial charge in [0.1, 0.15) is 17.0 Å². The molecule has 0 unspecified atom stereocenters. The van der Waals surface area contributed by atoms with Crippen LogP contribution >= 0.6 is 0 Å². The van der Waals surface area contributed by atoms with Crippen molar-refractivity contribution in [3.8, 4) is 17.2 Å². The molecule has 1 aromatic carbocycles. The highest BCUT2D eigenvalue weighted by atomic mass is 16.7. The topological polar surface area (TPSA) is 128 Å². The van der Waals surface area contributed by atoms with Crippen LogP contribution in [0.2, 0.25) is 0 Å². The average Bonchev–Trinajstić information content (AvgIpc) is 3.10. The predicted octanol–water partition coefficient (Wildman–Crippen LogP) is 3.89. The standard InChI is InChI=1S/C18H17N3O7/c1-3-26-10-27-12-4-7-15-11(8-12)9-16(28-15)13-5-6-14(20(2)18(22)23)17(19-13)21(24)25/h4-9H,3,10H2,1-2H3,(H,22,23). The summed E-state index contributed by atoms with van der Waals surface area (Å²) in [5.74, 6) is 0.318. The minimum absolute atomic E-state index is 0.124. The monoisotopic (exact) mass is 387 g/mol. The van der Waals surface area contributed by atoms with E-state index in [1.807, 2.05) is 6.92 Å². The van der Waals surface area contributed by atoms with Crippen molar-refractivity contribution in [3.05, 3.63) is 46.5 Å². The molecule has 0 aliphatic rings. The van der Waals surface area contributed by atoms with Crippen LogP contribution in [0.3, 0.4) is 0 Å². The van der Waals surface area contributed by atoms with Crippen LogP contribution in [0.4, 0.5) is 16.3 Å². The molecule has 2 aromatic heterocycles. The van der Waals surface area contributed by atoms with Gasteiger partial charge in [0, 0.05) is 19.0 Å². The molecule has 0 fully saturated rings. The summed E-state index contributed by atoms with van der Waals surface area (Å²) in [4.78, 5) is 26.4. The highest BCUT2D eigenvalue weighted by Crippen LogP contribution is 2.33. The van der Waals surface area contributed by atoms with E-state index in [-0.39, 0.29) is 18.2 Å². The lowest BCUT2D eigenvalue weighted by molar-refractivity contribution is -0.388. The van der Waals surface area contributed by atoms with Gasteiger partial charge in [0.25, 0.3) is 0 Å². The largest absolute Gasteiger partial charge is 0.468 e. The Hall–Kier alpha value is -3.66. The molecule has 0 saturated heterocycles. The zero-order chi connectivity index (χ0) is 20.3. The second kappa shape index (κ2) is 7.92. The number of nitrogens with zero attached hydrogens (tertiary/aromatic N) is 3. The number of benzene rings is 1. The third kappa shape index (κ3) is 3.86. The van der Waals surface area contributed by atoms with Crippen molar-refractivity contribution in [2.45, 2.75) is 6.92 Å². The molecule has 2 heterocycles. The number of ether oxygens (including phenoxy) is 2. The lowest BCUT2D eigenvalue weighted by atomic mass is 10.2. The van der Waals surface area contributed by atoms with Crippen LogP contribution in [0.5, 0.6) is 5.75 Å². The van der Waals surface area contributed by atoms with E-state index in [4.69, 9.17) is 19.0 Å². The zero-order valence-corrected chi connectivity index (χ0v) is 15.1. The van der Waals surface area contributed by atoms with Crippen LogP contribution in [-0.2, 0) is 4.74 Å². The summed E-state index contributed by atoms with van der Waals surface area (Å²) in [6.07, 6.45) is -1.33. The highest BCUT2D eigenvalue weighted by molar-refractivity contribution is 5.89. The Bertz CT molecular complexity index is 1030. The van der Waals surface area contributed by atoms with Gasteiger partial charge in [-0.3, -0.25) is 4.90 Å². The summed E-state index contributed by atoms with van der Waals surface area (Å²) >= 11 is 0. The molecule has 1 N–H and O–H groups in total. The number of carboxylic acid groups (broad SMARTS) is 1. The first kappa shape index (κ1) is 19.1. The molecular weight excluding hydrogens is 370 g/mol. The van der Waals surface area contributed by atoms with E-state index < -0.39 is 16.8 Å². The summed E-state index contributed by atoms with van der Waals surface area (Å²) in [6.45, 7) is 2.52. The van der Waals surface area contributed by atoms with Crippen molar-refractivity contribution in [1.82, 2.24) is 4.98 Å². The van der Waals surface area contributed by atoms with Gasteiger partial charge in [-0.05, 0) is 53.2 Å². The number of nitro groups is 1. The molecule has 0 radical (unpaired) electrons. The van der Waals surface area contributed by atoms with E-state index in [9.17, 15) is 14.9 Å². The van der Waals surface area contributed by atoms with E-state index in [1.54, 1.807) is 24.3 Å². The molecule has 10 heteroatoms. The fraction of sp³-hybridized carbons (Fsp3) is 0.222. The van der Waals surface area contributed by atoms with Crippen LogP contribution in [0.15, 0.2) is 40.8 Å². The Morgan fingerprint density at radius 2 is 2.11 bits per heavy atom. The summed E-state index contributed by atoms with van der Waals surface area (Å²) in [5, 5.41) is 21.1. The summed E-state index contributed by atoms with van der Waals surface area (Å²) < 4.78 is 16.3. The van der Waals surface area contributed by atoms with Crippen molar-refractivity contribution in [3.63, 3.8) is 0 Å². The number of aromatic nitrogens is 1. The van der Waals surface area contributed by atoms with Crippen LogP contribution in [-0.4, -0.2) is 41.6 Å². The number of furan rings is 1. The molecule has 0 spiro atoms. The predicted molar refractivity (Wildman–Crippen MR) is 99.6 cm³/mol. The summed E-state index contributed by atoms with van der Waals surface area (Å²) in [5.41, 5.74) is 0.626. The van der Waals surface area contributed by atoms with Crippen LogP contribution in [0, 0.1) is 10.1 Å². The Balaban J connectivity index is 1.96. The summed E-state index contributed by atoms with van der Waals surface area (Å²) in [6, 6.07) is 9.64. The normalized spacial score (nSPS) is 10.8. The second-order valence-electron chi connectivity index (χ2n) is 5.70. The van der Waals surface area contributed by atoms with Gasteiger partial charge in [-0.1, -0.05) is 0 Å². The lowest BCUT2D eigenvalue weighted by Gasteiger charge is -2.12. The van der Waals surface area contributed by atoms with E-state index >= 15 is 0 Å². The van der Waals surface area contributed by atoms with Crippen LogP contribution in [0.25, 0.3) is 22.4 Å². The van der Waals surface area contributed by atoms with Crippen molar-refractivity contribution >= 4 is 28.6 Å². The number of hydrogen-bond donors (Lipinski definition) is 1. The minimum Gasteiger partial charge on any atom is -0.468 e. The number of fused-ring (bicyclic) bond motifs is 1. The van der Waals surface area contributed by atoms with E-state index in [0.29, 0.717) is 23.7 Å². The van der Waals surface area contributed by atoms with Gasteiger partial charge in [-0.15, -0.1) is 0 Å². The molecule has 0 aliphatic heterocycles. The van der Waals surface area contributed by atoms with Gasteiger partial charge in [0.2, 0.25) is 5.69 Å². The molecule has 3 aromatic rings. The third-order valence-electron chi connectivity index (χ3n) is 3.93. The molecule has 0 bridgehead atoms. The van der Waals surface area contributed by atoms with Crippen LogP contribution in [0.1, 0.15) is 6.92 Å². The number of amides is 1. The lowest BCUT2D eigenvalue weighted by Crippen LogP contribution is -2.25. The molecule has 28 heavy (non-hydrogen) atoms.